The highest BCUT2D eigenvalue weighted by molar-refractivity contribution is 5.60. The topological polar surface area (TPSA) is 130 Å². The first-order chi connectivity index (χ1) is 10.7. The predicted octanol–water partition coefficient (Wildman–Crippen LogP) is -0.689. The molecule has 0 atom stereocenters. The van der Waals surface area contributed by atoms with Crippen molar-refractivity contribution in [3.05, 3.63) is 0 Å². The van der Waals surface area contributed by atoms with Crippen LogP contribution >= 0.6 is 0 Å². The van der Waals surface area contributed by atoms with E-state index in [0.717, 1.165) is 0 Å². The van der Waals surface area contributed by atoms with Gasteiger partial charge in [0.05, 0.1) is 39.6 Å². The minimum Gasteiger partial charge on any atom is -0.432 e. The molecule has 10 nitrogen and oxygen atoms in total. The van der Waals surface area contributed by atoms with Crippen LogP contribution in [0, 0.1) is 0 Å². The standard InChI is InChI=1S/C12H22O10/c13-1-3-19-11(15)21-9-7-17-5-6-18-8-10-22-12(16)20-4-2-14/h13-14H,1-10H2. The smallest absolute Gasteiger partial charge is 0.432 e. The summed E-state index contributed by atoms with van der Waals surface area (Å²) in [7, 11) is 0. The summed E-state index contributed by atoms with van der Waals surface area (Å²) in [6, 6.07) is 0. The highest BCUT2D eigenvalue weighted by Gasteiger charge is 2.03. The van der Waals surface area contributed by atoms with Gasteiger partial charge < -0.3 is 38.6 Å². The van der Waals surface area contributed by atoms with Gasteiger partial charge in [-0.15, -0.1) is 0 Å². The van der Waals surface area contributed by atoms with E-state index >= 15 is 0 Å². The summed E-state index contributed by atoms with van der Waals surface area (Å²) in [5.41, 5.74) is 0. The van der Waals surface area contributed by atoms with Crippen molar-refractivity contribution in [3.63, 3.8) is 0 Å². The van der Waals surface area contributed by atoms with Gasteiger partial charge in [-0.3, -0.25) is 0 Å². The third-order valence-electron chi connectivity index (χ3n) is 1.89. The lowest BCUT2D eigenvalue weighted by molar-refractivity contribution is -0.00743. The zero-order valence-electron chi connectivity index (χ0n) is 12.2. The van der Waals surface area contributed by atoms with E-state index in [4.69, 9.17) is 19.7 Å². The number of aliphatic hydroxyl groups excluding tert-OH is 2. The fourth-order valence-corrected chi connectivity index (χ4v) is 1.03. The molecular formula is C12H22O10. The van der Waals surface area contributed by atoms with Crippen molar-refractivity contribution < 1.29 is 48.2 Å². The van der Waals surface area contributed by atoms with E-state index in [1.165, 1.54) is 0 Å². The average molecular weight is 326 g/mol. The molecule has 2 N–H and O–H groups in total. The van der Waals surface area contributed by atoms with Gasteiger partial charge in [-0.05, 0) is 0 Å². The van der Waals surface area contributed by atoms with Crippen LogP contribution in [0.3, 0.4) is 0 Å². The van der Waals surface area contributed by atoms with Crippen molar-refractivity contribution in [3.8, 4) is 0 Å². The number of carbonyl (C=O) groups is 2. The molecule has 0 rings (SSSR count). The van der Waals surface area contributed by atoms with Gasteiger partial charge >= 0.3 is 12.3 Å². The molecule has 130 valence electrons. The second-order valence-corrected chi connectivity index (χ2v) is 3.57. The third-order valence-corrected chi connectivity index (χ3v) is 1.89. The summed E-state index contributed by atoms with van der Waals surface area (Å²) in [5.74, 6) is 0. The lowest BCUT2D eigenvalue weighted by Crippen LogP contribution is -2.16. The zero-order valence-corrected chi connectivity index (χ0v) is 12.2. The molecule has 0 saturated heterocycles. The monoisotopic (exact) mass is 326 g/mol. The molecule has 0 unspecified atom stereocenters. The van der Waals surface area contributed by atoms with Crippen molar-refractivity contribution in [2.45, 2.75) is 0 Å². The Labute approximate surface area is 127 Å². The molecule has 0 aliphatic heterocycles. The molecule has 0 bridgehead atoms. The molecule has 0 spiro atoms. The van der Waals surface area contributed by atoms with Gasteiger partial charge in [0.25, 0.3) is 0 Å². The molecule has 0 radical (unpaired) electrons. The Balaban J connectivity index is 3.17. The Bertz CT molecular complexity index is 255. The van der Waals surface area contributed by atoms with Gasteiger partial charge in [-0.1, -0.05) is 0 Å². The van der Waals surface area contributed by atoms with Crippen LogP contribution in [0.1, 0.15) is 0 Å². The van der Waals surface area contributed by atoms with E-state index in [0.29, 0.717) is 0 Å². The maximum Gasteiger partial charge on any atom is 0.508 e. The Morgan fingerprint density at radius 3 is 1.23 bits per heavy atom. The molecule has 0 fully saturated rings. The normalized spacial score (nSPS) is 10.1. The second-order valence-electron chi connectivity index (χ2n) is 3.57. The predicted molar refractivity (Wildman–Crippen MR) is 70.4 cm³/mol. The minimum absolute atomic E-state index is 0.0318. The highest BCUT2D eigenvalue weighted by atomic mass is 16.7. The number of hydrogen-bond acceptors (Lipinski definition) is 10. The minimum atomic E-state index is -0.862. The first kappa shape index (κ1) is 20.4. The molecule has 0 heterocycles. The molecule has 0 aromatic heterocycles. The number of hydrogen-bond donors (Lipinski definition) is 2. The van der Waals surface area contributed by atoms with Gasteiger partial charge in [-0.25, -0.2) is 9.59 Å². The van der Waals surface area contributed by atoms with Crippen molar-refractivity contribution in [1.82, 2.24) is 0 Å². The number of carbonyl (C=O) groups excluding carboxylic acids is 2. The van der Waals surface area contributed by atoms with Crippen LogP contribution < -0.4 is 0 Å². The second kappa shape index (κ2) is 15.8. The highest BCUT2D eigenvalue weighted by Crippen LogP contribution is 1.88. The fourth-order valence-electron chi connectivity index (χ4n) is 1.03. The quantitative estimate of drug-likeness (QED) is 0.331. The molecule has 0 saturated carbocycles. The van der Waals surface area contributed by atoms with E-state index in [1.807, 2.05) is 0 Å². The summed E-state index contributed by atoms with van der Waals surface area (Å²) in [6.45, 7) is 0.259. The first-order valence-corrected chi connectivity index (χ1v) is 6.67. The van der Waals surface area contributed by atoms with Crippen molar-refractivity contribution >= 4 is 12.3 Å². The van der Waals surface area contributed by atoms with Gasteiger partial charge in [-0.2, -0.15) is 0 Å². The molecular weight excluding hydrogens is 304 g/mol. The maximum atomic E-state index is 10.8. The van der Waals surface area contributed by atoms with Gasteiger partial charge in [0.15, 0.2) is 0 Å². The summed E-state index contributed by atoms with van der Waals surface area (Å²) in [5, 5.41) is 16.8. The molecule has 0 aliphatic carbocycles. The Hall–Kier alpha value is -1.62. The van der Waals surface area contributed by atoms with E-state index < -0.39 is 12.3 Å². The first-order valence-electron chi connectivity index (χ1n) is 6.67. The third kappa shape index (κ3) is 14.8. The van der Waals surface area contributed by atoms with Crippen molar-refractivity contribution in [2.75, 3.05) is 66.1 Å². The van der Waals surface area contributed by atoms with Gasteiger partial charge in [0.2, 0.25) is 0 Å². The van der Waals surface area contributed by atoms with E-state index in [9.17, 15) is 9.59 Å². The van der Waals surface area contributed by atoms with Crippen LogP contribution in [-0.2, 0) is 28.4 Å². The summed E-state index contributed by atoms with van der Waals surface area (Å²) in [4.78, 5) is 21.7. The Morgan fingerprint density at radius 2 is 0.864 bits per heavy atom. The van der Waals surface area contributed by atoms with Crippen molar-refractivity contribution in [2.24, 2.45) is 0 Å². The molecule has 0 amide bonds. The van der Waals surface area contributed by atoms with E-state index in [1.54, 1.807) is 0 Å². The van der Waals surface area contributed by atoms with Crippen LogP contribution in [0.4, 0.5) is 9.59 Å². The number of ether oxygens (including phenoxy) is 6. The van der Waals surface area contributed by atoms with Crippen LogP contribution in [0.15, 0.2) is 0 Å². The zero-order chi connectivity index (χ0) is 16.5. The number of aliphatic hydroxyl groups is 2. The Kier molecular flexibility index (Phi) is 14.6. The molecule has 0 aromatic carbocycles. The van der Waals surface area contributed by atoms with Crippen LogP contribution in [0.2, 0.25) is 0 Å². The lowest BCUT2D eigenvalue weighted by atomic mass is 10.7. The fraction of sp³-hybridized carbons (Fsp3) is 0.833. The molecule has 0 aromatic rings. The SMILES string of the molecule is O=C(OCCO)OCCOCCOCCOC(=O)OCCO. The summed E-state index contributed by atoms with van der Waals surface area (Å²) in [6.07, 6.45) is -1.72. The van der Waals surface area contributed by atoms with E-state index in [2.05, 4.69) is 18.9 Å². The average Bonchev–Trinajstić information content (AvgIpc) is 2.52. The summed E-state index contributed by atoms with van der Waals surface area (Å²) >= 11 is 0. The largest absolute Gasteiger partial charge is 0.508 e. The molecule has 10 heteroatoms. The van der Waals surface area contributed by atoms with Gasteiger partial charge in [0, 0.05) is 0 Å². The van der Waals surface area contributed by atoms with Crippen LogP contribution in [0.5, 0.6) is 0 Å². The molecule has 22 heavy (non-hydrogen) atoms. The summed E-state index contributed by atoms with van der Waals surface area (Å²) < 4.78 is 28.3. The molecule has 0 aliphatic rings. The Morgan fingerprint density at radius 1 is 0.545 bits per heavy atom. The van der Waals surface area contributed by atoms with Gasteiger partial charge in [0.1, 0.15) is 26.4 Å². The maximum absolute atomic E-state index is 10.8. The lowest BCUT2D eigenvalue weighted by Gasteiger charge is -2.07. The van der Waals surface area contributed by atoms with E-state index in [-0.39, 0.29) is 66.1 Å². The van der Waals surface area contributed by atoms with Crippen LogP contribution in [-0.4, -0.2) is 88.6 Å². The number of rotatable bonds is 13. The van der Waals surface area contributed by atoms with Crippen LogP contribution in [0.25, 0.3) is 0 Å². The van der Waals surface area contributed by atoms with Crippen molar-refractivity contribution in [1.29, 1.82) is 0 Å².